The molecular weight excluding hydrogens is 330 g/mol. The third-order valence-corrected chi connectivity index (χ3v) is 4.71. The molecule has 3 rings (SSSR count). The number of anilines is 1. The summed E-state index contributed by atoms with van der Waals surface area (Å²) in [6, 6.07) is 23.6. The lowest BCUT2D eigenvalue weighted by Crippen LogP contribution is -2.15. The molecule has 1 amide bonds. The summed E-state index contributed by atoms with van der Waals surface area (Å²) in [5.74, 6) is -0.103. The van der Waals surface area contributed by atoms with Crippen molar-refractivity contribution in [2.24, 2.45) is 0 Å². The Bertz CT molecular complexity index is 874. The molecule has 0 aliphatic heterocycles. The van der Waals surface area contributed by atoms with E-state index in [2.05, 4.69) is 17.4 Å². The third kappa shape index (κ3) is 4.28. The van der Waals surface area contributed by atoms with Crippen molar-refractivity contribution < 1.29 is 4.79 Å². The smallest absolute Gasteiger partial charge is 0.255 e. The molecule has 0 atom stereocenters. The molecule has 25 heavy (non-hydrogen) atoms. The predicted octanol–water partition coefficient (Wildman–Crippen LogP) is 5.69. The second-order valence-corrected chi connectivity index (χ2v) is 6.42. The quantitative estimate of drug-likeness (QED) is 0.630. The Balaban J connectivity index is 1.78. The number of amides is 1. The van der Waals surface area contributed by atoms with Crippen LogP contribution in [-0.2, 0) is 12.8 Å². The lowest BCUT2D eigenvalue weighted by atomic mass is 9.99. The molecule has 3 aromatic rings. The normalized spacial score (nSPS) is 10.5. The summed E-state index contributed by atoms with van der Waals surface area (Å²) in [5, 5.41) is 3.63. The van der Waals surface area contributed by atoms with E-state index in [0.29, 0.717) is 10.6 Å². The standard InChI is InChI=1S/C22H20ClNO/c1-16-20(23)12-7-13-21(16)24-22(25)19-11-6-5-10-18(19)15-14-17-8-3-2-4-9-17/h2-13H,14-15H2,1H3,(H,24,25). The van der Waals surface area contributed by atoms with E-state index in [1.54, 1.807) is 0 Å². The molecule has 3 heteroatoms. The second kappa shape index (κ2) is 8.00. The monoisotopic (exact) mass is 349 g/mol. The summed E-state index contributed by atoms with van der Waals surface area (Å²) in [4.78, 5) is 12.8. The van der Waals surface area contributed by atoms with Gasteiger partial charge in [0.15, 0.2) is 0 Å². The highest BCUT2D eigenvalue weighted by molar-refractivity contribution is 6.31. The largest absolute Gasteiger partial charge is 0.322 e. The fourth-order valence-corrected chi connectivity index (χ4v) is 2.99. The molecule has 0 bridgehead atoms. The Morgan fingerprint density at radius 2 is 1.60 bits per heavy atom. The lowest BCUT2D eigenvalue weighted by Gasteiger charge is -2.12. The summed E-state index contributed by atoms with van der Waals surface area (Å²) in [6.07, 6.45) is 1.73. The molecular formula is C22H20ClNO. The van der Waals surface area contributed by atoms with Gasteiger partial charge in [-0.1, -0.05) is 66.2 Å². The Morgan fingerprint density at radius 1 is 0.880 bits per heavy atom. The van der Waals surface area contributed by atoms with Gasteiger partial charge in [-0.2, -0.15) is 0 Å². The van der Waals surface area contributed by atoms with Gasteiger partial charge in [-0.05, 0) is 54.7 Å². The van der Waals surface area contributed by atoms with Crippen LogP contribution in [0.3, 0.4) is 0 Å². The number of halogens is 1. The molecule has 0 saturated carbocycles. The first-order chi connectivity index (χ1) is 12.1. The summed E-state index contributed by atoms with van der Waals surface area (Å²) in [6.45, 7) is 1.90. The van der Waals surface area contributed by atoms with Crippen molar-refractivity contribution in [2.75, 3.05) is 5.32 Å². The molecule has 0 spiro atoms. The van der Waals surface area contributed by atoms with Crippen molar-refractivity contribution in [1.29, 1.82) is 0 Å². The van der Waals surface area contributed by atoms with Crippen LogP contribution >= 0.6 is 11.6 Å². The zero-order chi connectivity index (χ0) is 17.6. The zero-order valence-electron chi connectivity index (χ0n) is 14.1. The molecule has 3 aromatic carbocycles. The SMILES string of the molecule is Cc1c(Cl)cccc1NC(=O)c1ccccc1CCc1ccccc1. The van der Waals surface area contributed by atoms with Crippen LogP contribution in [0.25, 0.3) is 0 Å². The number of hydrogen-bond donors (Lipinski definition) is 1. The van der Waals surface area contributed by atoms with E-state index in [0.717, 1.165) is 29.7 Å². The van der Waals surface area contributed by atoms with Crippen LogP contribution in [0.15, 0.2) is 72.8 Å². The van der Waals surface area contributed by atoms with Gasteiger partial charge in [-0.15, -0.1) is 0 Å². The van der Waals surface area contributed by atoms with Gasteiger partial charge < -0.3 is 5.32 Å². The van der Waals surface area contributed by atoms with Crippen molar-refractivity contribution in [2.45, 2.75) is 19.8 Å². The van der Waals surface area contributed by atoms with Gasteiger partial charge in [0.2, 0.25) is 0 Å². The number of aryl methyl sites for hydroxylation is 2. The predicted molar refractivity (Wildman–Crippen MR) is 104 cm³/mol. The molecule has 0 radical (unpaired) electrons. The maximum atomic E-state index is 12.8. The number of hydrogen-bond acceptors (Lipinski definition) is 1. The minimum absolute atomic E-state index is 0.103. The van der Waals surface area contributed by atoms with E-state index < -0.39 is 0 Å². The number of rotatable bonds is 5. The molecule has 0 unspecified atom stereocenters. The van der Waals surface area contributed by atoms with Gasteiger partial charge in [0.25, 0.3) is 5.91 Å². The molecule has 1 N–H and O–H groups in total. The molecule has 0 heterocycles. The van der Waals surface area contributed by atoms with Crippen molar-refractivity contribution in [3.05, 3.63) is 100 Å². The molecule has 0 aliphatic rings. The lowest BCUT2D eigenvalue weighted by molar-refractivity contribution is 0.102. The zero-order valence-corrected chi connectivity index (χ0v) is 14.9. The van der Waals surface area contributed by atoms with Crippen molar-refractivity contribution >= 4 is 23.2 Å². The van der Waals surface area contributed by atoms with Crippen LogP contribution in [0, 0.1) is 6.92 Å². The fraction of sp³-hybridized carbons (Fsp3) is 0.136. The van der Waals surface area contributed by atoms with Gasteiger partial charge >= 0.3 is 0 Å². The van der Waals surface area contributed by atoms with E-state index in [1.807, 2.05) is 67.6 Å². The molecule has 126 valence electrons. The number of nitrogens with one attached hydrogen (secondary N) is 1. The van der Waals surface area contributed by atoms with Gasteiger partial charge in [0.05, 0.1) is 0 Å². The summed E-state index contributed by atoms with van der Waals surface area (Å²) in [5.41, 5.74) is 4.64. The molecule has 0 aliphatic carbocycles. The molecule has 0 saturated heterocycles. The first-order valence-electron chi connectivity index (χ1n) is 8.33. The molecule has 2 nitrogen and oxygen atoms in total. The Labute approximate surface area is 153 Å². The van der Waals surface area contributed by atoms with Crippen LogP contribution in [0.5, 0.6) is 0 Å². The minimum atomic E-state index is -0.103. The highest BCUT2D eigenvalue weighted by Crippen LogP contribution is 2.24. The van der Waals surface area contributed by atoms with Gasteiger partial charge in [-0.3, -0.25) is 4.79 Å². The maximum Gasteiger partial charge on any atom is 0.255 e. The highest BCUT2D eigenvalue weighted by Gasteiger charge is 2.13. The van der Waals surface area contributed by atoms with E-state index in [9.17, 15) is 4.79 Å². The summed E-state index contributed by atoms with van der Waals surface area (Å²) in [7, 11) is 0. The average Bonchev–Trinajstić information content (AvgIpc) is 2.65. The highest BCUT2D eigenvalue weighted by atomic mass is 35.5. The number of carbonyl (C=O) groups is 1. The Kier molecular flexibility index (Phi) is 5.52. The first kappa shape index (κ1) is 17.2. The fourth-order valence-electron chi connectivity index (χ4n) is 2.82. The van der Waals surface area contributed by atoms with Gasteiger partial charge in [-0.25, -0.2) is 0 Å². The molecule has 0 fully saturated rings. The van der Waals surface area contributed by atoms with E-state index in [1.165, 1.54) is 5.56 Å². The maximum absolute atomic E-state index is 12.8. The van der Waals surface area contributed by atoms with Crippen molar-refractivity contribution in [1.82, 2.24) is 0 Å². The van der Waals surface area contributed by atoms with Crippen LogP contribution in [0.1, 0.15) is 27.0 Å². The topological polar surface area (TPSA) is 29.1 Å². The second-order valence-electron chi connectivity index (χ2n) is 6.01. The number of carbonyl (C=O) groups excluding carboxylic acids is 1. The Morgan fingerprint density at radius 3 is 2.40 bits per heavy atom. The summed E-state index contributed by atoms with van der Waals surface area (Å²) >= 11 is 6.14. The summed E-state index contributed by atoms with van der Waals surface area (Å²) < 4.78 is 0. The van der Waals surface area contributed by atoms with Gasteiger partial charge in [0, 0.05) is 16.3 Å². The van der Waals surface area contributed by atoms with Crippen molar-refractivity contribution in [3.63, 3.8) is 0 Å². The van der Waals surface area contributed by atoms with Crippen LogP contribution in [0.4, 0.5) is 5.69 Å². The Hall–Kier alpha value is -2.58. The van der Waals surface area contributed by atoms with Crippen LogP contribution < -0.4 is 5.32 Å². The van der Waals surface area contributed by atoms with E-state index in [-0.39, 0.29) is 5.91 Å². The third-order valence-electron chi connectivity index (χ3n) is 4.30. The first-order valence-corrected chi connectivity index (χ1v) is 8.71. The van der Waals surface area contributed by atoms with E-state index >= 15 is 0 Å². The average molecular weight is 350 g/mol. The van der Waals surface area contributed by atoms with Crippen molar-refractivity contribution in [3.8, 4) is 0 Å². The van der Waals surface area contributed by atoms with Gasteiger partial charge in [0.1, 0.15) is 0 Å². The minimum Gasteiger partial charge on any atom is -0.322 e. The number of benzene rings is 3. The van der Waals surface area contributed by atoms with Crippen LogP contribution in [-0.4, -0.2) is 5.91 Å². The van der Waals surface area contributed by atoms with Crippen LogP contribution in [0.2, 0.25) is 5.02 Å². The molecule has 0 aromatic heterocycles. The van der Waals surface area contributed by atoms with E-state index in [4.69, 9.17) is 11.6 Å².